The Morgan fingerprint density at radius 3 is 2.15 bits per heavy atom. The van der Waals surface area contributed by atoms with Gasteiger partial charge < -0.3 is 14.0 Å². The summed E-state index contributed by atoms with van der Waals surface area (Å²) >= 11 is 0. The quantitative estimate of drug-likeness (QED) is 0.779. The smallest absolute Gasteiger partial charge is 0.472 e. The van der Waals surface area contributed by atoms with E-state index >= 15 is 0 Å². The van der Waals surface area contributed by atoms with E-state index in [1.165, 1.54) is 0 Å². The molecule has 4 nitrogen and oxygen atoms in total. The fourth-order valence-electron chi connectivity index (χ4n) is 1.93. The van der Waals surface area contributed by atoms with Gasteiger partial charge in [-0.2, -0.15) is 0 Å². The van der Waals surface area contributed by atoms with Crippen LogP contribution in [0.3, 0.4) is 0 Å². The molecule has 0 spiro atoms. The molecule has 0 aliphatic carbocycles. The van der Waals surface area contributed by atoms with Crippen LogP contribution in [0.1, 0.15) is 48.5 Å². The van der Waals surface area contributed by atoms with Crippen molar-refractivity contribution >= 4 is 12.6 Å². The number of hydrogen-bond acceptors (Lipinski definition) is 4. The van der Waals surface area contributed by atoms with Gasteiger partial charge in [-0.15, -0.1) is 0 Å². The molecular weight excluding hydrogens is 253 g/mol. The summed E-state index contributed by atoms with van der Waals surface area (Å²) in [4.78, 5) is 4.32. The fraction of sp³-hybridized carbons (Fsp3) is 0.667. The molecule has 1 saturated heterocycles. The van der Waals surface area contributed by atoms with Crippen molar-refractivity contribution in [2.45, 2.75) is 65.3 Å². The third-order valence-electron chi connectivity index (χ3n) is 3.71. The van der Waals surface area contributed by atoms with E-state index in [1.54, 1.807) is 6.20 Å². The summed E-state index contributed by atoms with van der Waals surface area (Å²) in [5.41, 5.74) is -0.216. The Hall–Kier alpha value is -1.07. The van der Waals surface area contributed by atoms with Crippen molar-refractivity contribution in [3.8, 4) is 5.88 Å². The van der Waals surface area contributed by atoms with E-state index in [2.05, 4.69) is 4.98 Å². The van der Waals surface area contributed by atoms with Crippen molar-refractivity contribution in [1.82, 2.24) is 4.98 Å². The molecule has 0 N–H and O–H groups in total. The Morgan fingerprint density at radius 2 is 1.65 bits per heavy atom. The summed E-state index contributed by atoms with van der Waals surface area (Å²) in [5.74, 6) is 0.568. The molecule has 5 heteroatoms. The minimum Gasteiger partial charge on any atom is -0.472 e. The van der Waals surface area contributed by atoms with Crippen molar-refractivity contribution in [1.29, 1.82) is 0 Å². The Kier molecular flexibility index (Phi) is 3.63. The molecular formula is C15H24BNO3. The maximum Gasteiger partial charge on any atom is 0.500 e. The van der Waals surface area contributed by atoms with E-state index in [0.29, 0.717) is 5.88 Å². The number of ether oxygens (including phenoxy) is 1. The van der Waals surface area contributed by atoms with Crippen LogP contribution in [0.25, 0.3) is 0 Å². The number of aromatic nitrogens is 1. The first-order valence-corrected chi connectivity index (χ1v) is 7.01. The Balaban J connectivity index is 2.31. The molecule has 110 valence electrons. The lowest BCUT2D eigenvalue weighted by molar-refractivity contribution is 0.00578. The number of hydrogen-bond donors (Lipinski definition) is 0. The van der Waals surface area contributed by atoms with Gasteiger partial charge >= 0.3 is 7.12 Å². The van der Waals surface area contributed by atoms with Crippen LogP contribution < -0.4 is 10.2 Å². The molecule has 1 fully saturated rings. The maximum atomic E-state index is 6.06. The van der Waals surface area contributed by atoms with Gasteiger partial charge in [0.1, 0.15) is 5.60 Å². The number of pyridine rings is 1. The van der Waals surface area contributed by atoms with Crippen molar-refractivity contribution in [2.24, 2.45) is 0 Å². The zero-order valence-corrected chi connectivity index (χ0v) is 13.5. The number of rotatable bonds is 2. The van der Waals surface area contributed by atoms with E-state index in [4.69, 9.17) is 14.0 Å². The van der Waals surface area contributed by atoms with Gasteiger partial charge in [-0.05, 0) is 54.5 Å². The Labute approximate surface area is 122 Å². The van der Waals surface area contributed by atoms with Crippen LogP contribution in [0.5, 0.6) is 5.88 Å². The Bertz CT molecular complexity index is 478. The summed E-state index contributed by atoms with van der Waals surface area (Å²) in [7, 11) is -0.453. The predicted octanol–water partition coefficient (Wildman–Crippen LogP) is 2.56. The molecule has 2 heterocycles. The lowest BCUT2D eigenvalue weighted by atomic mass is 9.79. The average Bonchev–Trinajstić information content (AvgIpc) is 2.46. The maximum absolute atomic E-state index is 6.06. The van der Waals surface area contributed by atoms with Crippen LogP contribution in [0, 0.1) is 0 Å². The molecule has 1 aliphatic rings. The van der Waals surface area contributed by atoms with Gasteiger partial charge in [0.25, 0.3) is 0 Å². The summed E-state index contributed by atoms with van der Waals surface area (Å²) < 4.78 is 18.0. The first-order valence-electron chi connectivity index (χ1n) is 7.01. The molecule has 0 unspecified atom stereocenters. The van der Waals surface area contributed by atoms with Crippen LogP contribution in [0.4, 0.5) is 0 Å². The van der Waals surface area contributed by atoms with E-state index in [9.17, 15) is 0 Å². The summed E-state index contributed by atoms with van der Waals surface area (Å²) in [5, 5.41) is 0. The number of nitrogens with zero attached hydrogens (tertiary/aromatic N) is 1. The van der Waals surface area contributed by atoms with Gasteiger partial charge in [-0.1, -0.05) is 6.07 Å². The molecule has 1 aromatic heterocycles. The molecule has 1 aliphatic heterocycles. The van der Waals surface area contributed by atoms with E-state index < -0.39 is 7.12 Å². The lowest BCUT2D eigenvalue weighted by Gasteiger charge is -2.32. The monoisotopic (exact) mass is 277 g/mol. The first-order chi connectivity index (χ1) is 9.02. The van der Waals surface area contributed by atoms with Crippen LogP contribution >= 0.6 is 0 Å². The molecule has 2 rings (SSSR count). The highest BCUT2D eigenvalue weighted by Gasteiger charge is 2.52. The molecule has 0 aromatic carbocycles. The zero-order valence-electron chi connectivity index (χ0n) is 13.5. The summed E-state index contributed by atoms with van der Waals surface area (Å²) in [6.45, 7) is 14.1. The highest BCUT2D eigenvalue weighted by Crippen LogP contribution is 2.37. The topological polar surface area (TPSA) is 40.6 Å². The molecule has 0 atom stereocenters. The third-order valence-corrected chi connectivity index (χ3v) is 3.71. The highest BCUT2D eigenvalue weighted by molar-refractivity contribution is 6.63. The van der Waals surface area contributed by atoms with E-state index in [0.717, 1.165) is 5.46 Å². The minimum atomic E-state index is -0.453. The first kappa shape index (κ1) is 15.3. The third kappa shape index (κ3) is 2.99. The normalized spacial score (nSPS) is 21.1. The zero-order chi connectivity index (χ0) is 15.2. The van der Waals surface area contributed by atoms with Gasteiger partial charge in [-0.25, -0.2) is 4.98 Å². The minimum absolute atomic E-state index is 0.313. The van der Waals surface area contributed by atoms with Crippen LogP contribution in [0.2, 0.25) is 0 Å². The molecule has 20 heavy (non-hydrogen) atoms. The van der Waals surface area contributed by atoms with Crippen molar-refractivity contribution in [3.63, 3.8) is 0 Å². The van der Waals surface area contributed by atoms with E-state index in [-0.39, 0.29) is 16.8 Å². The Morgan fingerprint density at radius 1 is 1.10 bits per heavy atom. The highest BCUT2D eigenvalue weighted by atomic mass is 16.7. The molecule has 0 radical (unpaired) electrons. The molecule has 1 aromatic rings. The van der Waals surface area contributed by atoms with Crippen molar-refractivity contribution < 1.29 is 14.0 Å². The largest absolute Gasteiger partial charge is 0.500 e. The second-order valence-corrected chi connectivity index (χ2v) is 7.20. The van der Waals surface area contributed by atoms with Gasteiger partial charge in [0.15, 0.2) is 0 Å². The second-order valence-electron chi connectivity index (χ2n) is 7.20. The molecule has 0 amide bonds. The van der Waals surface area contributed by atoms with Gasteiger partial charge in [-0.3, -0.25) is 0 Å². The van der Waals surface area contributed by atoms with Crippen molar-refractivity contribution in [2.75, 3.05) is 0 Å². The SMILES string of the molecule is CC(C)(C)Oc1ncccc1B1OC(C)(C)C(C)(C)O1. The van der Waals surface area contributed by atoms with Crippen molar-refractivity contribution in [3.05, 3.63) is 18.3 Å². The van der Waals surface area contributed by atoms with Gasteiger partial charge in [0, 0.05) is 11.7 Å². The predicted molar refractivity (Wildman–Crippen MR) is 80.3 cm³/mol. The fourth-order valence-corrected chi connectivity index (χ4v) is 1.93. The van der Waals surface area contributed by atoms with Gasteiger partial charge in [0.2, 0.25) is 5.88 Å². The van der Waals surface area contributed by atoms with E-state index in [1.807, 2.05) is 60.6 Å². The lowest BCUT2D eigenvalue weighted by Crippen LogP contribution is -2.41. The summed E-state index contributed by atoms with van der Waals surface area (Å²) in [6.07, 6.45) is 1.72. The molecule has 0 saturated carbocycles. The second kappa shape index (κ2) is 4.74. The average molecular weight is 277 g/mol. The molecule has 0 bridgehead atoms. The van der Waals surface area contributed by atoms with Gasteiger partial charge in [0.05, 0.1) is 11.2 Å². The standard InChI is InChI=1S/C15H24BNO3/c1-13(2,3)18-12-11(9-8-10-17-12)16-19-14(4,5)15(6,7)20-16/h8-10H,1-7H3. The van der Waals surface area contributed by atoms with Crippen LogP contribution in [0.15, 0.2) is 18.3 Å². The summed E-state index contributed by atoms with van der Waals surface area (Å²) in [6, 6.07) is 3.81. The van der Waals surface area contributed by atoms with Crippen LogP contribution in [-0.4, -0.2) is 28.9 Å². The van der Waals surface area contributed by atoms with Crippen LogP contribution in [-0.2, 0) is 9.31 Å².